The Balaban J connectivity index is 2.21. The van der Waals surface area contributed by atoms with Gasteiger partial charge < -0.3 is 5.73 Å². The molecule has 0 bridgehead atoms. The second-order valence-electron chi connectivity index (χ2n) is 3.39. The molecule has 0 aromatic heterocycles. The third-order valence-corrected chi connectivity index (χ3v) is 3.62. The van der Waals surface area contributed by atoms with Gasteiger partial charge in [0, 0.05) is 0 Å². The number of rotatable bonds is 2. The van der Waals surface area contributed by atoms with Crippen molar-refractivity contribution in [3.63, 3.8) is 0 Å². The van der Waals surface area contributed by atoms with Crippen LogP contribution in [0.2, 0.25) is 0 Å². The Bertz CT molecular complexity index is 334. The van der Waals surface area contributed by atoms with Gasteiger partial charge in [0.05, 0.1) is 11.3 Å². The first-order valence-corrected chi connectivity index (χ1v) is 5.74. The fourth-order valence-corrected chi connectivity index (χ4v) is 2.87. The highest BCUT2D eigenvalue weighted by Gasteiger charge is 2.28. The van der Waals surface area contributed by atoms with E-state index >= 15 is 0 Å². The van der Waals surface area contributed by atoms with Crippen LogP contribution in [0.1, 0.15) is 24.2 Å². The van der Waals surface area contributed by atoms with Crippen molar-refractivity contribution >= 4 is 16.9 Å². The van der Waals surface area contributed by atoms with E-state index in [0.29, 0.717) is 11.3 Å². The zero-order chi connectivity index (χ0) is 9.97. The molecule has 74 valence electrons. The lowest BCUT2D eigenvalue weighted by atomic mass is 10.0. The highest BCUT2D eigenvalue weighted by atomic mass is 32.2. The zero-order valence-electron chi connectivity index (χ0n) is 8.18. The molecule has 1 aromatic rings. The summed E-state index contributed by atoms with van der Waals surface area (Å²) < 4.78 is 0. The Morgan fingerprint density at radius 3 is 2.71 bits per heavy atom. The quantitative estimate of drug-likeness (QED) is 0.807. The summed E-state index contributed by atoms with van der Waals surface area (Å²) in [6.45, 7) is 2.16. The molecule has 0 saturated carbocycles. The predicted octanol–water partition coefficient (Wildman–Crippen LogP) is 2.57. The van der Waals surface area contributed by atoms with Crippen LogP contribution < -0.4 is 5.73 Å². The molecule has 3 heteroatoms. The van der Waals surface area contributed by atoms with E-state index in [1.165, 1.54) is 5.56 Å². The monoisotopic (exact) mass is 206 g/mol. The minimum absolute atomic E-state index is 0.349. The molecule has 2 atom stereocenters. The van der Waals surface area contributed by atoms with Crippen molar-refractivity contribution in [2.45, 2.75) is 24.6 Å². The molecule has 14 heavy (non-hydrogen) atoms. The van der Waals surface area contributed by atoms with Gasteiger partial charge in [0.1, 0.15) is 0 Å². The van der Waals surface area contributed by atoms with E-state index in [9.17, 15) is 0 Å². The Morgan fingerprint density at radius 2 is 2.07 bits per heavy atom. The summed E-state index contributed by atoms with van der Waals surface area (Å²) in [5.41, 5.74) is 7.07. The van der Waals surface area contributed by atoms with E-state index in [2.05, 4.69) is 36.2 Å². The van der Waals surface area contributed by atoms with Gasteiger partial charge in [0.2, 0.25) is 0 Å². The number of hydrogen-bond acceptors (Lipinski definition) is 3. The molecular weight excluding hydrogens is 192 g/mol. The molecule has 0 amide bonds. The first kappa shape index (κ1) is 9.59. The van der Waals surface area contributed by atoms with Crippen molar-refractivity contribution < 1.29 is 0 Å². The molecule has 2 rings (SSSR count). The standard InChI is InChI=1S/C11H14N2S/c1-2-9-10(14-11(12)13-9)8-6-4-3-5-7-8/h3-7,9-10H,2H2,1H3,(H2,12,13)/t9-,10+/m0/s1. The topological polar surface area (TPSA) is 38.4 Å². The molecule has 0 fully saturated rings. The van der Waals surface area contributed by atoms with Gasteiger partial charge in [-0.2, -0.15) is 0 Å². The molecule has 1 heterocycles. The van der Waals surface area contributed by atoms with Crippen LogP contribution in [0.4, 0.5) is 0 Å². The van der Waals surface area contributed by atoms with Gasteiger partial charge in [-0.15, -0.1) is 0 Å². The number of hydrogen-bond donors (Lipinski definition) is 1. The van der Waals surface area contributed by atoms with Crippen molar-refractivity contribution in [3.05, 3.63) is 35.9 Å². The van der Waals surface area contributed by atoms with Crippen molar-refractivity contribution in [1.82, 2.24) is 0 Å². The van der Waals surface area contributed by atoms with E-state index < -0.39 is 0 Å². The molecular formula is C11H14N2S. The maximum atomic E-state index is 5.74. The van der Waals surface area contributed by atoms with Gasteiger partial charge in [0.15, 0.2) is 5.17 Å². The van der Waals surface area contributed by atoms with Gasteiger partial charge in [-0.25, -0.2) is 0 Å². The van der Waals surface area contributed by atoms with Crippen LogP contribution in [0.5, 0.6) is 0 Å². The summed E-state index contributed by atoms with van der Waals surface area (Å²) in [7, 11) is 0. The maximum absolute atomic E-state index is 5.74. The fourth-order valence-electron chi connectivity index (χ4n) is 1.71. The Kier molecular flexibility index (Phi) is 2.77. The average molecular weight is 206 g/mol. The van der Waals surface area contributed by atoms with Gasteiger partial charge in [0.25, 0.3) is 0 Å². The molecule has 0 radical (unpaired) electrons. The predicted molar refractivity (Wildman–Crippen MR) is 62.5 cm³/mol. The zero-order valence-corrected chi connectivity index (χ0v) is 9.00. The van der Waals surface area contributed by atoms with Gasteiger partial charge in [-0.3, -0.25) is 4.99 Å². The Hall–Kier alpha value is -0.960. The van der Waals surface area contributed by atoms with Gasteiger partial charge in [-0.05, 0) is 12.0 Å². The minimum atomic E-state index is 0.349. The van der Waals surface area contributed by atoms with Crippen LogP contribution in [0.25, 0.3) is 0 Å². The van der Waals surface area contributed by atoms with E-state index in [0.717, 1.165) is 11.6 Å². The molecule has 1 aliphatic heterocycles. The first-order valence-electron chi connectivity index (χ1n) is 4.86. The summed E-state index contributed by atoms with van der Waals surface area (Å²) in [5.74, 6) is 0. The van der Waals surface area contributed by atoms with Crippen LogP contribution in [-0.4, -0.2) is 11.2 Å². The molecule has 2 N–H and O–H groups in total. The number of thioether (sulfide) groups is 1. The first-order chi connectivity index (χ1) is 6.81. The summed E-state index contributed by atoms with van der Waals surface area (Å²) in [4.78, 5) is 4.42. The van der Waals surface area contributed by atoms with Gasteiger partial charge in [-0.1, -0.05) is 49.0 Å². The Morgan fingerprint density at radius 1 is 1.36 bits per heavy atom. The van der Waals surface area contributed by atoms with Gasteiger partial charge >= 0.3 is 0 Å². The van der Waals surface area contributed by atoms with Crippen LogP contribution in [0.15, 0.2) is 35.3 Å². The summed E-state index contributed by atoms with van der Waals surface area (Å²) in [6.07, 6.45) is 1.05. The lowest BCUT2D eigenvalue weighted by molar-refractivity contribution is 0.648. The van der Waals surface area contributed by atoms with Crippen LogP contribution >= 0.6 is 11.8 Å². The maximum Gasteiger partial charge on any atom is 0.154 e. The van der Waals surface area contributed by atoms with Crippen molar-refractivity contribution in [3.8, 4) is 0 Å². The smallest absolute Gasteiger partial charge is 0.154 e. The SMILES string of the molecule is CC[C@@H]1N=C(N)S[C@@H]1c1ccccc1. The highest BCUT2D eigenvalue weighted by Crippen LogP contribution is 2.39. The summed E-state index contributed by atoms with van der Waals surface area (Å²) >= 11 is 1.68. The largest absolute Gasteiger partial charge is 0.379 e. The average Bonchev–Trinajstić information content (AvgIpc) is 2.61. The second kappa shape index (κ2) is 4.05. The van der Waals surface area contributed by atoms with Crippen molar-refractivity contribution in [1.29, 1.82) is 0 Å². The highest BCUT2D eigenvalue weighted by molar-refractivity contribution is 8.14. The number of nitrogens with two attached hydrogens (primary N) is 1. The molecule has 0 saturated heterocycles. The second-order valence-corrected chi connectivity index (χ2v) is 4.55. The molecule has 1 aromatic carbocycles. The number of nitrogens with zero attached hydrogens (tertiary/aromatic N) is 1. The van der Waals surface area contributed by atoms with Crippen LogP contribution in [0.3, 0.4) is 0 Å². The normalized spacial score (nSPS) is 26.2. The summed E-state index contributed by atoms with van der Waals surface area (Å²) in [5, 5.41) is 1.15. The molecule has 1 aliphatic rings. The Labute approximate surface area is 88.6 Å². The molecule has 0 spiro atoms. The lowest BCUT2D eigenvalue weighted by Crippen LogP contribution is -2.08. The van der Waals surface area contributed by atoms with Crippen molar-refractivity contribution in [2.75, 3.05) is 0 Å². The number of benzene rings is 1. The third kappa shape index (κ3) is 1.77. The molecule has 0 unspecified atom stereocenters. The minimum Gasteiger partial charge on any atom is -0.379 e. The fraction of sp³-hybridized carbons (Fsp3) is 0.364. The number of amidine groups is 1. The molecule has 0 aliphatic carbocycles. The third-order valence-electron chi connectivity index (χ3n) is 2.44. The van der Waals surface area contributed by atoms with Crippen LogP contribution in [0, 0.1) is 0 Å². The van der Waals surface area contributed by atoms with E-state index in [1.54, 1.807) is 11.8 Å². The summed E-state index contributed by atoms with van der Waals surface area (Å²) in [6, 6.07) is 10.8. The molecule has 2 nitrogen and oxygen atoms in total. The van der Waals surface area contributed by atoms with Crippen molar-refractivity contribution in [2.24, 2.45) is 10.7 Å². The number of aliphatic imine (C=N–C) groups is 1. The van der Waals surface area contributed by atoms with Crippen LogP contribution in [-0.2, 0) is 0 Å². The van der Waals surface area contributed by atoms with E-state index in [1.807, 2.05) is 6.07 Å². The van der Waals surface area contributed by atoms with E-state index in [-0.39, 0.29) is 0 Å². The lowest BCUT2D eigenvalue weighted by Gasteiger charge is -2.15. The van der Waals surface area contributed by atoms with E-state index in [4.69, 9.17) is 5.73 Å².